The summed E-state index contributed by atoms with van der Waals surface area (Å²) in [5, 5.41) is 0.304. The largest absolute Gasteiger partial charge is 0.329 e. The highest BCUT2D eigenvalue weighted by atomic mass is 35.5. The van der Waals surface area contributed by atoms with Gasteiger partial charge in [0.25, 0.3) is 0 Å². The van der Waals surface area contributed by atoms with Crippen molar-refractivity contribution in [3.63, 3.8) is 0 Å². The van der Waals surface area contributed by atoms with Gasteiger partial charge in [0.2, 0.25) is 0 Å². The van der Waals surface area contributed by atoms with Gasteiger partial charge in [-0.3, -0.25) is 4.79 Å². The summed E-state index contributed by atoms with van der Waals surface area (Å²) in [6.07, 6.45) is 3.48. The Balaban J connectivity index is 2.33. The molecule has 1 aliphatic carbocycles. The summed E-state index contributed by atoms with van der Waals surface area (Å²) >= 11 is 6.03. The minimum Gasteiger partial charge on any atom is -0.329 e. The van der Waals surface area contributed by atoms with Crippen LogP contribution in [0.25, 0.3) is 0 Å². The average Bonchev–Trinajstić information content (AvgIpc) is 2.42. The number of nitrogens with two attached hydrogens (primary N) is 1. The highest BCUT2D eigenvalue weighted by Gasteiger charge is 2.40. The van der Waals surface area contributed by atoms with Crippen molar-refractivity contribution < 1.29 is 9.18 Å². The van der Waals surface area contributed by atoms with E-state index in [0.29, 0.717) is 17.5 Å². The molecule has 1 fully saturated rings. The molecule has 1 aromatic carbocycles. The minimum absolute atomic E-state index is 0.105. The van der Waals surface area contributed by atoms with Crippen LogP contribution in [0.4, 0.5) is 4.39 Å². The van der Waals surface area contributed by atoms with Crippen molar-refractivity contribution in [1.29, 1.82) is 0 Å². The van der Waals surface area contributed by atoms with Crippen molar-refractivity contribution in [2.24, 2.45) is 17.1 Å². The van der Waals surface area contributed by atoms with Crippen LogP contribution in [-0.4, -0.2) is 12.3 Å². The maximum absolute atomic E-state index is 13.3. The maximum Gasteiger partial charge on any atom is 0.171 e. The summed E-state index contributed by atoms with van der Waals surface area (Å²) in [4.78, 5) is 12.7. The first-order valence-electron chi connectivity index (χ1n) is 6.68. The maximum atomic E-state index is 13.3. The Morgan fingerprint density at radius 3 is 2.68 bits per heavy atom. The summed E-state index contributed by atoms with van der Waals surface area (Å²) in [5.74, 6) is 0.0750. The van der Waals surface area contributed by atoms with Gasteiger partial charge in [0, 0.05) is 17.5 Å². The van der Waals surface area contributed by atoms with E-state index in [0.717, 1.165) is 25.7 Å². The van der Waals surface area contributed by atoms with Gasteiger partial charge in [-0.1, -0.05) is 18.5 Å². The van der Waals surface area contributed by atoms with Crippen LogP contribution in [0.3, 0.4) is 0 Å². The van der Waals surface area contributed by atoms with Crippen molar-refractivity contribution >= 4 is 17.4 Å². The number of halogens is 2. The Morgan fingerprint density at radius 1 is 1.47 bits per heavy atom. The third-order valence-electron chi connectivity index (χ3n) is 4.28. The fourth-order valence-corrected chi connectivity index (χ4v) is 3.00. The highest BCUT2D eigenvalue weighted by Crippen LogP contribution is 2.41. The zero-order valence-corrected chi connectivity index (χ0v) is 11.8. The quantitative estimate of drug-likeness (QED) is 0.857. The first-order valence-corrected chi connectivity index (χ1v) is 7.06. The first-order chi connectivity index (χ1) is 8.98. The molecule has 0 atom stereocenters. The number of hydrogen-bond acceptors (Lipinski definition) is 2. The lowest BCUT2D eigenvalue weighted by atomic mass is 9.67. The van der Waals surface area contributed by atoms with Gasteiger partial charge in [-0.15, -0.1) is 0 Å². The number of hydrogen-bond donors (Lipinski definition) is 1. The average molecular weight is 284 g/mol. The van der Waals surface area contributed by atoms with Gasteiger partial charge in [0.1, 0.15) is 5.82 Å². The SMILES string of the molecule is CC1CCC(CN)(C(=O)c2cc(F)ccc2Cl)CC1. The van der Waals surface area contributed by atoms with Gasteiger partial charge < -0.3 is 5.73 Å². The molecule has 1 aromatic rings. The summed E-state index contributed by atoms with van der Waals surface area (Å²) in [5.41, 5.74) is 5.55. The third-order valence-corrected chi connectivity index (χ3v) is 4.61. The highest BCUT2D eigenvalue weighted by molar-refractivity contribution is 6.34. The van der Waals surface area contributed by atoms with Gasteiger partial charge in [-0.2, -0.15) is 0 Å². The summed E-state index contributed by atoms with van der Waals surface area (Å²) in [6, 6.07) is 3.91. The van der Waals surface area contributed by atoms with E-state index in [2.05, 4.69) is 6.92 Å². The minimum atomic E-state index is -0.566. The van der Waals surface area contributed by atoms with Crippen molar-refractivity contribution in [2.75, 3.05) is 6.54 Å². The predicted octanol–water partition coefficient (Wildman–Crippen LogP) is 3.82. The van der Waals surface area contributed by atoms with E-state index in [1.54, 1.807) is 0 Å². The van der Waals surface area contributed by atoms with E-state index in [9.17, 15) is 9.18 Å². The summed E-state index contributed by atoms with van der Waals surface area (Å²) in [6.45, 7) is 2.48. The molecule has 1 aliphatic rings. The van der Waals surface area contributed by atoms with Crippen molar-refractivity contribution in [3.05, 3.63) is 34.6 Å². The lowest BCUT2D eigenvalue weighted by Gasteiger charge is -2.37. The van der Waals surface area contributed by atoms with E-state index < -0.39 is 11.2 Å². The van der Waals surface area contributed by atoms with Crippen LogP contribution in [0, 0.1) is 17.2 Å². The molecule has 2 N–H and O–H groups in total. The monoisotopic (exact) mass is 283 g/mol. The van der Waals surface area contributed by atoms with Gasteiger partial charge in [0.05, 0.1) is 5.02 Å². The second-order valence-electron chi connectivity index (χ2n) is 5.62. The second-order valence-corrected chi connectivity index (χ2v) is 6.03. The fraction of sp³-hybridized carbons (Fsp3) is 0.533. The molecule has 1 saturated carbocycles. The normalized spacial score (nSPS) is 27.3. The Kier molecular flexibility index (Phi) is 4.26. The number of Topliss-reactive ketones (excluding diaryl/α,β-unsaturated/α-hetero) is 1. The van der Waals surface area contributed by atoms with E-state index in [1.165, 1.54) is 18.2 Å². The molecule has 0 radical (unpaired) electrons. The van der Waals surface area contributed by atoms with E-state index in [1.807, 2.05) is 0 Å². The first kappa shape index (κ1) is 14.5. The molecule has 0 aromatic heterocycles. The molecule has 0 heterocycles. The molecule has 0 saturated heterocycles. The summed E-state index contributed by atoms with van der Waals surface area (Å²) in [7, 11) is 0. The number of ketones is 1. The predicted molar refractivity (Wildman–Crippen MR) is 74.9 cm³/mol. The second kappa shape index (κ2) is 5.59. The van der Waals surface area contributed by atoms with Crippen molar-refractivity contribution in [3.8, 4) is 0 Å². The van der Waals surface area contributed by atoms with E-state index in [-0.39, 0.29) is 11.3 Å². The number of rotatable bonds is 3. The van der Waals surface area contributed by atoms with Crippen LogP contribution in [0.15, 0.2) is 18.2 Å². The molecule has 0 spiro atoms. The van der Waals surface area contributed by atoms with Crippen LogP contribution in [-0.2, 0) is 0 Å². The molecule has 2 nitrogen and oxygen atoms in total. The molecule has 19 heavy (non-hydrogen) atoms. The molecule has 4 heteroatoms. The number of benzene rings is 1. The van der Waals surface area contributed by atoms with Crippen LogP contribution in [0.2, 0.25) is 5.02 Å². The van der Waals surface area contributed by atoms with Crippen LogP contribution in [0.5, 0.6) is 0 Å². The van der Waals surface area contributed by atoms with Crippen LogP contribution in [0.1, 0.15) is 43.0 Å². The van der Waals surface area contributed by atoms with Crippen molar-refractivity contribution in [1.82, 2.24) is 0 Å². The Labute approximate surface area is 118 Å². The smallest absolute Gasteiger partial charge is 0.171 e. The van der Waals surface area contributed by atoms with Gasteiger partial charge in [0.15, 0.2) is 5.78 Å². The van der Waals surface area contributed by atoms with Gasteiger partial charge in [-0.25, -0.2) is 4.39 Å². The molecule has 0 unspecified atom stereocenters. The van der Waals surface area contributed by atoms with E-state index in [4.69, 9.17) is 17.3 Å². The molecular weight excluding hydrogens is 265 g/mol. The topological polar surface area (TPSA) is 43.1 Å². The molecule has 104 valence electrons. The standard InChI is InChI=1S/C15H19ClFNO/c1-10-4-6-15(9-18,7-5-10)14(19)12-8-11(17)2-3-13(12)16/h2-3,8,10H,4-7,9,18H2,1H3. The zero-order valence-electron chi connectivity index (χ0n) is 11.1. The van der Waals surface area contributed by atoms with Crippen LogP contribution >= 0.6 is 11.6 Å². The lowest BCUT2D eigenvalue weighted by molar-refractivity contribution is 0.0695. The molecule has 0 bridgehead atoms. The number of carbonyl (C=O) groups is 1. The Bertz CT molecular complexity index is 481. The van der Waals surface area contributed by atoms with Crippen LogP contribution < -0.4 is 5.73 Å². The third kappa shape index (κ3) is 2.82. The lowest BCUT2D eigenvalue weighted by Crippen LogP contribution is -2.41. The summed E-state index contributed by atoms with van der Waals surface area (Å²) < 4.78 is 13.3. The molecule has 2 rings (SSSR count). The fourth-order valence-electron chi connectivity index (χ4n) is 2.80. The van der Waals surface area contributed by atoms with Crippen molar-refractivity contribution in [2.45, 2.75) is 32.6 Å². The van der Waals surface area contributed by atoms with Gasteiger partial charge >= 0.3 is 0 Å². The number of carbonyl (C=O) groups excluding carboxylic acids is 1. The Morgan fingerprint density at radius 2 is 2.11 bits per heavy atom. The molecule has 0 aliphatic heterocycles. The Hall–Kier alpha value is -0.930. The van der Waals surface area contributed by atoms with Gasteiger partial charge in [-0.05, 0) is 49.8 Å². The van der Waals surface area contributed by atoms with E-state index >= 15 is 0 Å². The zero-order chi connectivity index (χ0) is 14.0. The molecular formula is C15H19ClFNO. The molecule has 0 amide bonds.